The third-order valence-electron chi connectivity index (χ3n) is 4.34. The van der Waals surface area contributed by atoms with Gasteiger partial charge in [0.15, 0.2) is 5.13 Å². The molecule has 1 atom stereocenters. The molecule has 0 amide bonds. The summed E-state index contributed by atoms with van der Waals surface area (Å²) in [6.45, 7) is 1.06. The molecule has 0 spiro atoms. The van der Waals surface area contributed by atoms with Gasteiger partial charge in [-0.3, -0.25) is 4.79 Å². The minimum atomic E-state index is -0.728. The summed E-state index contributed by atoms with van der Waals surface area (Å²) in [5, 5.41) is 10.2. The molecule has 0 aliphatic heterocycles. The van der Waals surface area contributed by atoms with Crippen LogP contribution in [0.25, 0.3) is 0 Å². The maximum Gasteiger partial charge on any atom is 0.312 e. The number of rotatable bonds is 4. The molecule has 1 saturated carbocycles. The first-order valence-electron chi connectivity index (χ1n) is 7.08. The van der Waals surface area contributed by atoms with Crippen LogP contribution in [-0.4, -0.2) is 29.7 Å². The Labute approximate surface area is 117 Å². The second-order valence-electron chi connectivity index (χ2n) is 5.77. The average Bonchev–Trinajstić information content (AvgIpc) is 3.02. The quantitative estimate of drug-likeness (QED) is 0.921. The lowest BCUT2D eigenvalue weighted by Crippen LogP contribution is -2.24. The normalized spacial score (nSPS) is 22.7. The van der Waals surface area contributed by atoms with Crippen molar-refractivity contribution < 1.29 is 9.90 Å². The smallest absolute Gasteiger partial charge is 0.312 e. The minimum Gasteiger partial charge on any atom is -0.481 e. The van der Waals surface area contributed by atoms with Crippen LogP contribution in [0.5, 0.6) is 0 Å². The van der Waals surface area contributed by atoms with Gasteiger partial charge < -0.3 is 10.0 Å². The zero-order valence-corrected chi connectivity index (χ0v) is 12.1. The van der Waals surface area contributed by atoms with E-state index >= 15 is 0 Å². The topological polar surface area (TPSA) is 53.4 Å². The van der Waals surface area contributed by atoms with Gasteiger partial charge in [0.1, 0.15) is 5.92 Å². The molecule has 4 nitrogen and oxygen atoms in total. The van der Waals surface area contributed by atoms with Crippen LogP contribution in [0.1, 0.15) is 48.6 Å². The number of fused-ring (bicyclic) bond motifs is 1. The summed E-state index contributed by atoms with van der Waals surface area (Å²) in [6, 6.07) is 0. The average molecular weight is 280 g/mol. The van der Waals surface area contributed by atoms with Gasteiger partial charge in [0, 0.05) is 18.5 Å². The van der Waals surface area contributed by atoms with Gasteiger partial charge in [-0.05, 0) is 31.6 Å². The molecule has 1 heterocycles. The largest absolute Gasteiger partial charge is 0.481 e. The molecule has 104 valence electrons. The first-order valence-corrected chi connectivity index (χ1v) is 7.90. The highest BCUT2D eigenvalue weighted by molar-refractivity contribution is 7.15. The fourth-order valence-corrected chi connectivity index (χ4v) is 4.38. The van der Waals surface area contributed by atoms with Crippen molar-refractivity contribution in [2.45, 2.75) is 44.4 Å². The number of nitrogens with zero attached hydrogens (tertiary/aromatic N) is 2. The Morgan fingerprint density at radius 1 is 1.42 bits per heavy atom. The van der Waals surface area contributed by atoms with E-state index in [4.69, 9.17) is 0 Å². The number of carbonyl (C=O) groups is 1. The highest BCUT2D eigenvalue weighted by atomic mass is 32.1. The maximum atomic E-state index is 11.2. The van der Waals surface area contributed by atoms with Gasteiger partial charge in [0.2, 0.25) is 0 Å². The molecule has 0 saturated heterocycles. The Bertz CT molecular complexity index is 480. The van der Waals surface area contributed by atoms with Crippen molar-refractivity contribution in [2.24, 2.45) is 5.92 Å². The molecule has 1 fully saturated rings. The van der Waals surface area contributed by atoms with E-state index < -0.39 is 5.97 Å². The van der Waals surface area contributed by atoms with Crippen LogP contribution in [0.15, 0.2) is 0 Å². The first kappa shape index (κ1) is 12.9. The van der Waals surface area contributed by atoms with E-state index in [1.807, 2.05) is 0 Å². The van der Waals surface area contributed by atoms with E-state index in [0.717, 1.165) is 36.1 Å². The minimum absolute atomic E-state index is 0.375. The molecule has 1 aromatic rings. The number of hydrogen-bond acceptors (Lipinski definition) is 4. The molecule has 0 radical (unpaired) electrons. The zero-order chi connectivity index (χ0) is 13.4. The summed E-state index contributed by atoms with van der Waals surface area (Å²) in [5.41, 5.74) is 0.825. The van der Waals surface area contributed by atoms with Gasteiger partial charge in [0.05, 0.1) is 5.69 Å². The molecular formula is C14H20N2O2S. The number of aromatic nitrogens is 1. The fraction of sp³-hybridized carbons (Fsp3) is 0.714. The van der Waals surface area contributed by atoms with Crippen LogP contribution < -0.4 is 4.90 Å². The van der Waals surface area contributed by atoms with Gasteiger partial charge in [-0.15, -0.1) is 11.3 Å². The highest BCUT2D eigenvalue weighted by Gasteiger charge is 2.33. The summed E-state index contributed by atoms with van der Waals surface area (Å²) < 4.78 is 0. The van der Waals surface area contributed by atoms with Gasteiger partial charge >= 0.3 is 5.97 Å². The van der Waals surface area contributed by atoms with E-state index in [9.17, 15) is 9.90 Å². The molecule has 1 unspecified atom stereocenters. The Hall–Kier alpha value is -1.10. The standard InChI is InChI=1S/C14H20N2O2S/c1-16(8-9-4-2-3-5-9)14-15-12-10(13(17)18)6-7-11(12)19-14/h9-10H,2-8H2,1H3,(H,17,18). The molecule has 2 aliphatic rings. The van der Waals surface area contributed by atoms with Gasteiger partial charge in [-0.1, -0.05) is 12.8 Å². The van der Waals surface area contributed by atoms with E-state index in [-0.39, 0.29) is 5.92 Å². The van der Waals surface area contributed by atoms with Gasteiger partial charge in [-0.2, -0.15) is 0 Å². The van der Waals surface area contributed by atoms with Crippen LogP contribution in [0.3, 0.4) is 0 Å². The predicted octanol–water partition coefficient (Wildman–Crippen LogP) is 2.88. The van der Waals surface area contributed by atoms with E-state index in [1.54, 1.807) is 11.3 Å². The first-order chi connectivity index (χ1) is 9.15. The van der Waals surface area contributed by atoms with Gasteiger partial charge in [-0.25, -0.2) is 4.98 Å². The molecule has 0 aromatic carbocycles. The highest BCUT2D eigenvalue weighted by Crippen LogP contribution is 2.39. The summed E-state index contributed by atoms with van der Waals surface area (Å²) in [5.74, 6) is -0.312. The van der Waals surface area contributed by atoms with Crippen molar-refractivity contribution in [3.05, 3.63) is 10.6 Å². The predicted molar refractivity (Wildman–Crippen MR) is 76.0 cm³/mol. The molecular weight excluding hydrogens is 260 g/mol. The molecule has 3 rings (SSSR count). The van der Waals surface area contributed by atoms with E-state index in [1.165, 1.54) is 30.6 Å². The van der Waals surface area contributed by atoms with Crippen molar-refractivity contribution in [2.75, 3.05) is 18.5 Å². The second-order valence-corrected chi connectivity index (χ2v) is 6.83. The van der Waals surface area contributed by atoms with Crippen molar-refractivity contribution in [1.82, 2.24) is 4.98 Å². The number of carboxylic acid groups (broad SMARTS) is 1. The molecule has 0 bridgehead atoms. The third kappa shape index (κ3) is 2.48. The van der Waals surface area contributed by atoms with Crippen LogP contribution in [0.2, 0.25) is 0 Å². The Morgan fingerprint density at radius 3 is 2.84 bits per heavy atom. The van der Waals surface area contributed by atoms with E-state index in [2.05, 4.69) is 16.9 Å². The molecule has 2 aliphatic carbocycles. The SMILES string of the molecule is CN(CC1CCCC1)c1nc2c(s1)CCC2C(=O)O. The lowest BCUT2D eigenvalue weighted by molar-refractivity contribution is -0.138. The second kappa shape index (κ2) is 5.12. The number of thiazole rings is 1. The van der Waals surface area contributed by atoms with Crippen LogP contribution in [-0.2, 0) is 11.2 Å². The third-order valence-corrected chi connectivity index (χ3v) is 5.58. The number of carboxylic acids is 1. The molecule has 1 N–H and O–H groups in total. The van der Waals surface area contributed by atoms with Crippen LogP contribution in [0.4, 0.5) is 5.13 Å². The Balaban J connectivity index is 1.72. The van der Waals surface area contributed by atoms with E-state index in [0.29, 0.717) is 0 Å². The van der Waals surface area contributed by atoms with Crippen LogP contribution >= 0.6 is 11.3 Å². The molecule has 5 heteroatoms. The lowest BCUT2D eigenvalue weighted by atomic mass is 10.1. The van der Waals surface area contributed by atoms with Crippen molar-refractivity contribution in [3.63, 3.8) is 0 Å². The van der Waals surface area contributed by atoms with Crippen molar-refractivity contribution in [3.8, 4) is 0 Å². The number of anilines is 1. The molecule has 1 aromatic heterocycles. The fourth-order valence-electron chi connectivity index (χ4n) is 3.28. The Kier molecular flexibility index (Phi) is 3.48. The Morgan fingerprint density at radius 2 is 2.16 bits per heavy atom. The lowest BCUT2D eigenvalue weighted by Gasteiger charge is -2.20. The number of aryl methyl sites for hydroxylation is 1. The number of hydrogen-bond donors (Lipinski definition) is 1. The summed E-state index contributed by atoms with van der Waals surface area (Å²) in [7, 11) is 2.09. The van der Waals surface area contributed by atoms with Crippen LogP contribution in [0, 0.1) is 5.92 Å². The maximum absolute atomic E-state index is 11.2. The molecule has 19 heavy (non-hydrogen) atoms. The van der Waals surface area contributed by atoms with Crippen molar-refractivity contribution in [1.29, 1.82) is 0 Å². The van der Waals surface area contributed by atoms with Gasteiger partial charge in [0.25, 0.3) is 0 Å². The summed E-state index contributed by atoms with van der Waals surface area (Å²) in [4.78, 5) is 19.2. The summed E-state index contributed by atoms with van der Waals surface area (Å²) >= 11 is 1.69. The van der Waals surface area contributed by atoms with Crippen molar-refractivity contribution >= 4 is 22.4 Å². The summed E-state index contributed by atoms with van der Waals surface area (Å²) in [6.07, 6.45) is 6.96. The zero-order valence-electron chi connectivity index (χ0n) is 11.3. The monoisotopic (exact) mass is 280 g/mol. The number of aliphatic carboxylic acids is 1.